The molecule has 252 valence electrons. The maximum absolute atomic E-state index is 13.5. The molecule has 10 heteroatoms. The van der Waals surface area contributed by atoms with Crippen molar-refractivity contribution < 1.29 is 28.2 Å². The number of carbonyl (C=O) groups excluding carboxylic acids is 1. The Kier molecular flexibility index (Phi) is 11.4. The Morgan fingerprint density at radius 1 is 1.07 bits per heavy atom. The van der Waals surface area contributed by atoms with Crippen molar-refractivity contribution in [1.82, 2.24) is 4.72 Å². The number of hydrogen-bond donors (Lipinski definition) is 3. The molecule has 2 bridgehead atoms. The standard InChI is InChI=1S/C36H49ClN2O6S/c1-25-8-6-17-36(42,18-7-20-40)32-14-11-30(32)24-39-19-16-27-10-13-31(37)22-28(27)9-4-3-5-21-45-34-15-12-29(23-33(34)39)35(41)38-46(43,44)26(25)2/h6,10,12-13,15,17,22-23,25-26,30,32,40,42H,3-5,7-9,11,14,16,18-21,24H2,1-2H3,(H,38,41)/b17-6+/t25-,26+,30-,32+,36+/m0/s1. The molecule has 2 heterocycles. The van der Waals surface area contributed by atoms with Gasteiger partial charge in [0.1, 0.15) is 5.75 Å². The molecule has 2 aromatic rings. The summed E-state index contributed by atoms with van der Waals surface area (Å²) in [7, 11) is -3.98. The monoisotopic (exact) mass is 672 g/mol. The lowest BCUT2D eigenvalue weighted by Crippen LogP contribution is -2.50. The lowest BCUT2D eigenvalue weighted by atomic mass is 9.63. The topological polar surface area (TPSA) is 116 Å². The van der Waals surface area contributed by atoms with Crippen LogP contribution in [0.15, 0.2) is 48.6 Å². The quantitative estimate of drug-likeness (QED) is 0.339. The first kappa shape index (κ1) is 34.7. The fourth-order valence-corrected chi connectivity index (χ4v) is 8.67. The summed E-state index contributed by atoms with van der Waals surface area (Å²) in [5.41, 5.74) is 2.36. The first-order chi connectivity index (χ1) is 22.0. The van der Waals surface area contributed by atoms with Crippen LogP contribution in [0, 0.1) is 17.8 Å². The zero-order chi connectivity index (χ0) is 32.9. The molecule has 3 aliphatic rings. The van der Waals surface area contributed by atoms with Crippen LogP contribution in [0.4, 0.5) is 5.69 Å². The SMILES string of the molecule is C[C@@H]1[C@@H](C)C/C=C/[C@@](O)(CCCO)[C@@H]2CC[C@H]2CN2CCc3ccc(Cl)cc3CCCCCOc3ccc(cc32)C(=O)NS1(=O)=O. The van der Waals surface area contributed by atoms with E-state index in [9.17, 15) is 23.4 Å². The lowest BCUT2D eigenvalue weighted by Gasteiger charge is -2.48. The number of carbonyl (C=O) groups is 1. The van der Waals surface area contributed by atoms with Gasteiger partial charge in [0.2, 0.25) is 10.0 Å². The van der Waals surface area contributed by atoms with Crippen molar-refractivity contribution >= 4 is 33.2 Å². The van der Waals surface area contributed by atoms with Gasteiger partial charge in [-0.2, -0.15) is 0 Å². The van der Waals surface area contributed by atoms with Crippen molar-refractivity contribution in [2.75, 3.05) is 31.2 Å². The van der Waals surface area contributed by atoms with E-state index in [2.05, 4.69) is 21.8 Å². The summed E-state index contributed by atoms with van der Waals surface area (Å²) in [6.07, 6.45) is 11.5. The van der Waals surface area contributed by atoms with Gasteiger partial charge in [0.15, 0.2) is 0 Å². The molecular weight excluding hydrogens is 624 g/mol. The van der Waals surface area contributed by atoms with Gasteiger partial charge in [-0.15, -0.1) is 0 Å². The molecule has 1 fully saturated rings. The molecular formula is C36H49ClN2O6S. The highest BCUT2D eigenvalue weighted by Crippen LogP contribution is 2.46. The minimum Gasteiger partial charge on any atom is -0.491 e. The van der Waals surface area contributed by atoms with Crippen LogP contribution in [0.5, 0.6) is 5.75 Å². The van der Waals surface area contributed by atoms with Gasteiger partial charge in [0.05, 0.1) is 23.1 Å². The van der Waals surface area contributed by atoms with Crippen molar-refractivity contribution in [2.24, 2.45) is 17.8 Å². The summed E-state index contributed by atoms with van der Waals surface area (Å²) >= 11 is 6.41. The number of anilines is 1. The summed E-state index contributed by atoms with van der Waals surface area (Å²) in [5, 5.41) is 21.6. The Hall–Kier alpha value is -2.59. The summed E-state index contributed by atoms with van der Waals surface area (Å²) in [6, 6.07) is 11.3. The Balaban J connectivity index is 1.59. The Labute approximate surface area is 279 Å². The highest BCUT2D eigenvalue weighted by atomic mass is 35.5. The minimum atomic E-state index is -3.98. The number of amides is 1. The number of sulfonamides is 1. The average Bonchev–Trinajstić information content (AvgIpc) is 3.01. The van der Waals surface area contributed by atoms with Gasteiger partial charge in [-0.3, -0.25) is 4.79 Å². The molecule has 1 aliphatic carbocycles. The summed E-state index contributed by atoms with van der Waals surface area (Å²) < 4.78 is 35.3. The Bertz CT molecular complexity index is 1510. The first-order valence-electron chi connectivity index (χ1n) is 16.9. The second kappa shape index (κ2) is 15.1. The number of ether oxygens (including phenoxy) is 1. The van der Waals surface area contributed by atoms with Crippen LogP contribution in [0.3, 0.4) is 0 Å². The van der Waals surface area contributed by atoms with E-state index in [1.807, 2.05) is 25.1 Å². The van der Waals surface area contributed by atoms with Crippen LogP contribution in [-0.4, -0.2) is 61.7 Å². The molecule has 1 saturated carbocycles. The highest BCUT2D eigenvalue weighted by molar-refractivity contribution is 7.90. The second-order valence-corrected chi connectivity index (χ2v) is 16.0. The number of aliphatic hydroxyl groups is 2. The molecule has 8 nitrogen and oxygen atoms in total. The highest BCUT2D eigenvalue weighted by Gasteiger charge is 2.45. The molecule has 2 aromatic carbocycles. The molecule has 46 heavy (non-hydrogen) atoms. The molecule has 0 spiro atoms. The van der Waals surface area contributed by atoms with E-state index in [0.717, 1.165) is 55.7 Å². The molecule has 0 aromatic heterocycles. The van der Waals surface area contributed by atoms with Crippen molar-refractivity contribution in [2.45, 2.75) is 88.9 Å². The normalized spacial score (nSPS) is 29.7. The second-order valence-electron chi connectivity index (χ2n) is 13.5. The maximum Gasteiger partial charge on any atom is 0.264 e. The molecule has 5 rings (SSSR count). The van der Waals surface area contributed by atoms with Crippen LogP contribution in [0.2, 0.25) is 5.02 Å². The fraction of sp³-hybridized carbons (Fsp3) is 0.583. The predicted octanol–water partition coefficient (Wildman–Crippen LogP) is 6.07. The average molecular weight is 673 g/mol. The number of hydrogen-bond acceptors (Lipinski definition) is 7. The van der Waals surface area contributed by atoms with Crippen LogP contribution >= 0.6 is 11.6 Å². The number of nitrogens with one attached hydrogen (secondary N) is 1. The Morgan fingerprint density at radius 2 is 1.89 bits per heavy atom. The van der Waals surface area contributed by atoms with Crippen molar-refractivity contribution in [3.8, 4) is 5.75 Å². The van der Waals surface area contributed by atoms with E-state index in [4.69, 9.17) is 16.3 Å². The van der Waals surface area contributed by atoms with Crippen LogP contribution < -0.4 is 14.4 Å². The number of fused-ring (bicyclic) bond motifs is 3. The summed E-state index contributed by atoms with van der Waals surface area (Å²) in [4.78, 5) is 15.7. The number of rotatable bonds is 3. The number of aryl methyl sites for hydroxylation is 1. The third-order valence-corrected chi connectivity index (χ3v) is 12.6. The smallest absolute Gasteiger partial charge is 0.264 e. The predicted molar refractivity (Wildman–Crippen MR) is 183 cm³/mol. The van der Waals surface area contributed by atoms with Crippen molar-refractivity contribution in [1.29, 1.82) is 0 Å². The van der Waals surface area contributed by atoms with Gasteiger partial charge in [-0.25, -0.2) is 13.1 Å². The third-order valence-electron chi connectivity index (χ3n) is 10.4. The van der Waals surface area contributed by atoms with Gasteiger partial charge in [-0.05, 0) is 130 Å². The number of allylic oxidation sites excluding steroid dienone is 1. The van der Waals surface area contributed by atoms with Gasteiger partial charge >= 0.3 is 0 Å². The zero-order valence-electron chi connectivity index (χ0n) is 27.1. The number of nitrogens with zero attached hydrogens (tertiary/aromatic N) is 1. The van der Waals surface area contributed by atoms with E-state index in [1.165, 1.54) is 11.1 Å². The molecule has 0 saturated heterocycles. The van der Waals surface area contributed by atoms with E-state index >= 15 is 0 Å². The summed E-state index contributed by atoms with van der Waals surface area (Å²) in [6.45, 7) is 5.23. The molecule has 0 unspecified atom stereocenters. The maximum atomic E-state index is 13.5. The molecule has 2 aliphatic heterocycles. The van der Waals surface area contributed by atoms with Crippen LogP contribution in [-0.2, 0) is 22.9 Å². The van der Waals surface area contributed by atoms with Crippen LogP contribution in [0.25, 0.3) is 0 Å². The number of benzene rings is 2. The van der Waals surface area contributed by atoms with E-state index in [-0.39, 0.29) is 29.9 Å². The Morgan fingerprint density at radius 3 is 2.65 bits per heavy atom. The molecule has 0 radical (unpaired) electrons. The van der Waals surface area contributed by atoms with Gasteiger partial charge < -0.3 is 19.8 Å². The molecule has 5 atom stereocenters. The number of aliphatic hydroxyl groups excluding tert-OH is 1. The van der Waals surface area contributed by atoms with E-state index in [1.54, 1.807) is 25.1 Å². The van der Waals surface area contributed by atoms with Gasteiger partial charge in [-0.1, -0.05) is 36.7 Å². The first-order valence-corrected chi connectivity index (χ1v) is 18.8. The lowest BCUT2D eigenvalue weighted by molar-refractivity contribution is -0.0534. The van der Waals surface area contributed by atoms with Crippen molar-refractivity contribution in [3.63, 3.8) is 0 Å². The van der Waals surface area contributed by atoms with Crippen molar-refractivity contribution in [3.05, 3.63) is 70.3 Å². The summed E-state index contributed by atoms with van der Waals surface area (Å²) in [5.74, 6) is -0.150. The van der Waals surface area contributed by atoms with Gasteiger partial charge in [0.25, 0.3) is 5.91 Å². The third kappa shape index (κ3) is 8.09. The van der Waals surface area contributed by atoms with E-state index < -0.39 is 26.8 Å². The molecule has 3 N–H and O–H groups in total. The molecule has 1 amide bonds. The largest absolute Gasteiger partial charge is 0.491 e. The number of halogens is 1. The zero-order valence-corrected chi connectivity index (χ0v) is 28.7. The minimum absolute atomic E-state index is 0.0119. The fourth-order valence-electron chi connectivity index (χ4n) is 7.19. The van der Waals surface area contributed by atoms with Gasteiger partial charge in [0, 0.05) is 30.3 Å². The van der Waals surface area contributed by atoms with Crippen LogP contribution in [0.1, 0.15) is 86.7 Å². The van der Waals surface area contributed by atoms with E-state index in [0.29, 0.717) is 44.7 Å².